The van der Waals surface area contributed by atoms with E-state index in [1.807, 2.05) is 42.0 Å². The number of rotatable bonds is 5. The van der Waals surface area contributed by atoms with Crippen molar-refractivity contribution in [3.8, 4) is 11.4 Å². The molecule has 0 unspecified atom stereocenters. The third kappa shape index (κ3) is 4.17. The molecular weight excluding hydrogens is 392 g/mol. The summed E-state index contributed by atoms with van der Waals surface area (Å²) in [6.45, 7) is 2.00. The lowest BCUT2D eigenvalue weighted by Gasteiger charge is -2.26. The molecule has 1 saturated carbocycles. The number of hydrogen-bond donors (Lipinski definition) is 3. The van der Waals surface area contributed by atoms with E-state index in [-0.39, 0.29) is 12.1 Å². The average Bonchev–Trinajstić information content (AvgIpc) is 3.20. The maximum absolute atomic E-state index is 9.73. The number of aliphatic hydroxyl groups is 1. The van der Waals surface area contributed by atoms with Gasteiger partial charge in [-0.05, 0) is 50.3 Å². The van der Waals surface area contributed by atoms with Crippen LogP contribution in [0.25, 0.3) is 17.0 Å². The number of hydrogen-bond acceptors (Lipinski definition) is 8. The van der Waals surface area contributed by atoms with Crippen molar-refractivity contribution in [1.82, 2.24) is 29.3 Å². The fraction of sp³-hybridized carbons (Fsp3) is 0.318. The van der Waals surface area contributed by atoms with Gasteiger partial charge in [0.15, 0.2) is 0 Å². The highest BCUT2D eigenvalue weighted by atomic mass is 16.3. The van der Waals surface area contributed by atoms with Crippen molar-refractivity contribution in [3.63, 3.8) is 0 Å². The van der Waals surface area contributed by atoms with Crippen LogP contribution in [0, 0.1) is 6.92 Å². The zero-order chi connectivity index (χ0) is 21.2. The molecule has 0 aliphatic heterocycles. The van der Waals surface area contributed by atoms with Gasteiger partial charge in [0.2, 0.25) is 5.95 Å². The second-order valence-corrected chi connectivity index (χ2v) is 7.92. The van der Waals surface area contributed by atoms with E-state index >= 15 is 0 Å². The first-order chi connectivity index (χ1) is 15.2. The van der Waals surface area contributed by atoms with Crippen molar-refractivity contribution < 1.29 is 5.11 Å². The normalized spacial score (nSPS) is 18.8. The second kappa shape index (κ2) is 8.27. The zero-order valence-corrected chi connectivity index (χ0v) is 17.2. The van der Waals surface area contributed by atoms with Crippen LogP contribution < -0.4 is 10.6 Å². The van der Waals surface area contributed by atoms with Gasteiger partial charge < -0.3 is 15.7 Å². The summed E-state index contributed by atoms with van der Waals surface area (Å²) in [6.07, 6.45) is 13.9. The molecule has 0 atom stereocenters. The summed E-state index contributed by atoms with van der Waals surface area (Å²) in [6, 6.07) is 4.21. The monoisotopic (exact) mass is 416 g/mol. The molecule has 9 heteroatoms. The third-order valence-electron chi connectivity index (χ3n) is 5.60. The van der Waals surface area contributed by atoms with Crippen LogP contribution in [0.15, 0.2) is 49.4 Å². The standard InChI is InChI=1S/C22H24N8O/c1-14-8-26-22(28-15-2-5-18(31)6-3-15)29-21(14)19-11-25-20-7-4-16(12-30(19)20)27-17-9-23-13-24-10-17/h4,7-13,15,18,27,31H,2-3,5-6H2,1H3,(H,26,28,29). The molecule has 0 bridgehead atoms. The van der Waals surface area contributed by atoms with Crippen molar-refractivity contribution >= 4 is 23.0 Å². The number of aromatic nitrogens is 6. The Morgan fingerprint density at radius 3 is 2.58 bits per heavy atom. The van der Waals surface area contributed by atoms with Crippen LogP contribution in [-0.4, -0.2) is 46.6 Å². The minimum absolute atomic E-state index is 0.184. The molecule has 3 N–H and O–H groups in total. The lowest BCUT2D eigenvalue weighted by Crippen LogP contribution is -2.29. The summed E-state index contributed by atoms with van der Waals surface area (Å²) in [4.78, 5) is 21.9. The van der Waals surface area contributed by atoms with E-state index in [1.165, 1.54) is 6.33 Å². The lowest BCUT2D eigenvalue weighted by atomic mass is 9.93. The lowest BCUT2D eigenvalue weighted by molar-refractivity contribution is 0.126. The Kier molecular flexibility index (Phi) is 5.17. The van der Waals surface area contributed by atoms with Crippen molar-refractivity contribution in [2.24, 2.45) is 0 Å². The highest BCUT2D eigenvalue weighted by Crippen LogP contribution is 2.26. The summed E-state index contributed by atoms with van der Waals surface area (Å²) < 4.78 is 2.02. The van der Waals surface area contributed by atoms with Crippen LogP contribution in [-0.2, 0) is 0 Å². The molecule has 1 fully saturated rings. The van der Waals surface area contributed by atoms with E-state index in [1.54, 1.807) is 12.4 Å². The molecule has 4 aromatic rings. The molecule has 5 rings (SSSR count). The Hall–Kier alpha value is -3.59. The Morgan fingerprint density at radius 1 is 0.968 bits per heavy atom. The van der Waals surface area contributed by atoms with Crippen LogP contribution in [0.5, 0.6) is 0 Å². The Bertz CT molecular complexity index is 1180. The summed E-state index contributed by atoms with van der Waals surface area (Å²) in [5, 5.41) is 16.5. The molecule has 4 aromatic heterocycles. The van der Waals surface area contributed by atoms with Crippen molar-refractivity contribution in [2.75, 3.05) is 10.6 Å². The molecule has 1 aliphatic rings. The Balaban J connectivity index is 1.45. The van der Waals surface area contributed by atoms with E-state index in [2.05, 4.69) is 30.6 Å². The molecule has 0 amide bonds. The molecule has 31 heavy (non-hydrogen) atoms. The fourth-order valence-corrected chi connectivity index (χ4v) is 3.93. The predicted octanol–water partition coefficient (Wildman–Crippen LogP) is 3.35. The van der Waals surface area contributed by atoms with Gasteiger partial charge >= 0.3 is 0 Å². The topological polar surface area (TPSA) is 113 Å². The van der Waals surface area contributed by atoms with Gasteiger partial charge in [-0.15, -0.1) is 0 Å². The van der Waals surface area contributed by atoms with E-state index < -0.39 is 0 Å². The van der Waals surface area contributed by atoms with Gasteiger partial charge in [0.05, 0.1) is 47.5 Å². The van der Waals surface area contributed by atoms with Gasteiger partial charge in [0.1, 0.15) is 12.0 Å². The largest absolute Gasteiger partial charge is 0.393 e. The van der Waals surface area contributed by atoms with E-state index in [0.29, 0.717) is 5.95 Å². The minimum Gasteiger partial charge on any atom is -0.393 e. The van der Waals surface area contributed by atoms with Gasteiger partial charge in [0.25, 0.3) is 0 Å². The van der Waals surface area contributed by atoms with Crippen LogP contribution in [0.3, 0.4) is 0 Å². The van der Waals surface area contributed by atoms with Crippen LogP contribution >= 0.6 is 0 Å². The zero-order valence-electron chi connectivity index (χ0n) is 17.2. The highest BCUT2D eigenvalue weighted by Gasteiger charge is 2.20. The van der Waals surface area contributed by atoms with Gasteiger partial charge in [-0.2, -0.15) is 0 Å². The number of aryl methyl sites for hydroxylation is 1. The number of imidazole rings is 1. The SMILES string of the molecule is Cc1cnc(NC2CCC(O)CC2)nc1-c1cnc2ccc(Nc3cncnc3)cn12. The van der Waals surface area contributed by atoms with Gasteiger partial charge in [0, 0.05) is 18.4 Å². The predicted molar refractivity (Wildman–Crippen MR) is 118 cm³/mol. The number of aliphatic hydroxyl groups excluding tert-OH is 1. The first-order valence-electron chi connectivity index (χ1n) is 10.4. The van der Waals surface area contributed by atoms with E-state index in [0.717, 1.165) is 59.7 Å². The Labute approximate surface area is 179 Å². The fourth-order valence-electron chi connectivity index (χ4n) is 3.93. The molecule has 1 aliphatic carbocycles. The van der Waals surface area contributed by atoms with Gasteiger partial charge in [-0.25, -0.2) is 24.9 Å². The molecule has 9 nitrogen and oxygen atoms in total. The molecule has 4 heterocycles. The van der Waals surface area contributed by atoms with Crippen LogP contribution in [0.4, 0.5) is 17.3 Å². The van der Waals surface area contributed by atoms with Crippen molar-refractivity contribution in [2.45, 2.75) is 44.8 Å². The number of nitrogens with zero attached hydrogens (tertiary/aromatic N) is 6. The first-order valence-corrected chi connectivity index (χ1v) is 10.4. The number of anilines is 3. The number of fused-ring (bicyclic) bond motifs is 1. The molecule has 0 aromatic carbocycles. The van der Waals surface area contributed by atoms with Crippen molar-refractivity contribution in [3.05, 3.63) is 55.0 Å². The van der Waals surface area contributed by atoms with Crippen molar-refractivity contribution in [1.29, 1.82) is 0 Å². The first kappa shape index (κ1) is 19.4. The Morgan fingerprint density at radius 2 is 1.77 bits per heavy atom. The van der Waals surface area contributed by atoms with E-state index in [4.69, 9.17) is 4.98 Å². The number of nitrogens with one attached hydrogen (secondary N) is 2. The number of pyridine rings is 1. The smallest absolute Gasteiger partial charge is 0.223 e. The van der Waals surface area contributed by atoms with Crippen LogP contribution in [0.2, 0.25) is 0 Å². The summed E-state index contributed by atoms with van der Waals surface area (Å²) >= 11 is 0. The molecule has 158 valence electrons. The maximum Gasteiger partial charge on any atom is 0.223 e. The van der Waals surface area contributed by atoms with Gasteiger partial charge in [-0.1, -0.05) is 0 Å². The summed E-state index contributed by atoms with van der Waals surface area (Å²) in [5.74, 6) is 0.604. The molecular formula is C22H24N8O. The van der Waals surface area contributed by atoms with Crippen LogP contribution in [0.1, 0.15) is 31.2 Å². The second-order valence-electron chi connectivity index (χ2n) is 7.92. The average molecular weight is 416 g/mol. The van der Waals surface area contributed by atoms with Gasteiger partial charge in [-0.3, -0.25) is 4.40 Å². The molecule has 0 spiro atoms. The maximum atomic E-state index is 9.73. The summed E-state index contributed by atoms with van der Waals surface area (Å²) in [5.41, 5.74) is 5.24. The quantitative estimate of drug-likeness (QED) is 0.454. The molecule has 0 saturated heterocycles. The van der Waals surface area contributed by atoms with E-state index in [9.17, 15) is 5.11 Å². The third-order valence-corrected chi connectivity index (χ3v) is 5.60. The summed E-state index contributed by atoms with van der Waals surface area (Å²) in [7, 11) is 0. The minimum atomic E-state index is -0.184. The highest BCUT2D eigenvalue weighted by molar-refractivity contribution is 5.67. The molecule has 0 radical (unpaired) electrons.